The van der Waals surface area contributed by atoms with Crippen LogP contribution in [0.3, 0.4) is 0 Å². The molecule has 0 bridgehead atoms. The van der Waals surface area contributed by atoms with Gasteiger partial charge in [0.25, 0.3) is 5.89 Å². The third-order valence-electron chi connectivity index (χ3n) is 3.86. The lowest BCUT2D eigenvalue weighted by Crippen LogP contribution is -2.16. The Kier molecular flexibility index (Phi) is 5.12. The minimum Gasteiger partial charge on any atom is -0.406 e. The number of halogens is 4. The summed E-state index contributed by atoms with van der Waals surface area (Å²) in [7, 11) is 0. The van der Waals surface area contributed by atoms with E-state index in [0.717, 1.165) is 16.6 Å². The number of hydrogen-bond donors (Lipinski definition) is 0. The van der Waals surface area contributed by atoms with E-state index < -0.39 is 11.8 Å². The van der Waals surface area contributed by atoms with Crippen molar-refractivity contribution < 1.29 is 22.4 Å². The number of aromatic nitrogens is 4. The normalized spacial score (nSPS) is 11.5. The minimum atomic E-state index is -4.78. The zero-order valence-electron chi connectivity index (χ0n) is 14.8. The molecule has 0 fully saturated rings. The van der Waals surface area contributed by atoms with Gasteiger partial charge in [-0.3, -0.25) is 4.79 Å². The second-order valence-electron chi connectivity index (χ2n) is 5.95. The standard InChI is InChI=1S/C19H10BrF3N4O3/c20-12-2-1-3-13(10-12)27-9-8-15(28)16(25-27)18-24-17(26-30-18)11-4-6-14(7-5-11)29-19(21,22)23/h1-10H. The van der Waals surface area contributed by atoms with Gasteiger partial charge in [-0.25, -0.2) is 4.68 Å². The van der Waals surface area contributed by atoms with Gasteiger partial charge in [-0.2, -0.15) is 10.1 Å². The van der Waals surface area contributed by atoms with Gasteiger partial charge < -0.3 is 9.26 Å². The molecule has 7 nitrogen and oxygen atoms in total. The molecule has 2 heterocycles. The van der Waals surface area contributed by atoms with Gasteiger partial charge in [0, 0.05) is 22.3 Å². The molecule has 0 atom stereocenters. The maximum atomic E-state index is 12.3. The quantitative estimate of drug-likeness (QED) is 0.425. The Morgan fingerprint density at radius 2 is 1.83 bits per heavy atom. The van der Waals surface area contributed by atoms with Crippen LogP contribution in [-0.2, 0) is 0 Å². The first-order valence-electron chi connectivity index (χ1n) is 8.35. The maximum absolute atomic E-state index is 12.3. The summed E-state index contributed by atoms with van der Waals surface area (Å²) in [6.07, 6.45) is -3.28. The van der Waals surface area contributed by atoms with Crippen LogP contribution in [0, 0.1) is 0 Å². The molecule has 4 aromatic rings. The Labute approximate surface area is 174 Å². The van der Waals surface area contributed by atoms with Crippen LogP contribution < -0.4 is 10.2 Å². The minimum absolute atomic E-state index is 0.0618. The van der Waals surface area contributed by atoms with Crippen LogP contribution in [0.2, 0.25) is 0 Å². The van der Waals surface area contributed by atoms with E-state index in [4.69, 9.17) is 4.52 Å². The molecule has 152 valence electrons. The molecule has 0 radical (unpaired) electrons. The number of alkyl halides is 3. The molecular weight excluding hydrogens is 469 g/mol. The first kappa shape index (κ1) is 19.8. The summed E-state index contributed by atoms with van der Waals surface area (Å²) >= 11 is 3.37. The Morgan fingerprint density at radius 3 is 2.53 bits per heavy atom. The largest absolute Gasteiger partial charge is 0.573 e. The van der Waals surface area contributed by atoms with Gasteiger partial charge in [-0.1, -0.05) is 27.2 Å². The number of hydrogen-bond acceptors (Lipinski definition) is 6. The van der Waals surface area contributed by atoms with Crippen LogP contribution in [0.15, 0.2) is 74.6 Å². The molecule has 0 spiro atoms. The van der Waals surface area contributed by atoms with E-state index in [0.29, 0.717) is 11.3 Å². The molecule has 0 aliphatic heterocycles. The topological polar surface area (TPSA) is 83.0 Å². The molecule has 30 heavy (non-hydrogen) atoms. The fourth-order valence-corrected chi connectivity index (χ4v) is 2.95. The van der Waals surface area contributed by atoms with Crippen LogP contribution in [0.4, 0.5) is 13.2 Å². The predicted octanol–water partition coefficient (Wildman–Crippen LogP) is 4.61. The average Bonchev–Trinajstić information content (AvgIpc) is 3.17. The first-order chi connectivity index (χ1) is 14.3. The molecule has 2 aromatic carbocycles. The molecular formula is C19H10BrF3N4O3. The van der Waals surface area contributed by atoms with Crippen molar-refractivity contribution in [2.24, 2.45) is 0 Å². The molecule has 11 heteroatoms. The molecule has 0 unspecified atom stereocenters. The van der Waals surface area contributed by atoms with Crippen molar-refractivity contribution in [1.82, 2.24) is 19.9 Å². The van der Waals surface area contributed by atoms with Crippen LogP contribution in [0.5, 0.6) is 5.75 Å². The third-order valence-corrected chi connectivity index (χ3v) is 4.35. The van der Waals surface area contributed by atoms with E-state index in [1.165, 1.54) is 29.1 Å². The van der Waals surface area contributed by atoms with Gasteiger partial charge >= 0.3 is 6.36 Å². The Balaban J connectivity index is 1.64. The summed E-state index contributed by atoms with van der Waals surface area (Å²) in [6.45, 7) is 0. The molecule has 0 saturated heterocycles. The molecule has 0 saturated carbocycles. The zero-order chi connectivity index (χ0) is 21.3. The van der Waals surface area contributed by atoms with Crippen LogP contribution in [-0.4, -0.2) is 26.3 Å². The van der Waals surface area contributed by atoms with E-state index in [2.05, 4.69) is 35.9 Å². The lowest BCUT2D eigenvalue weighted by molar-refractivity contribution is -0.274. The van der Waals surface area contributed by atoms with Gasteiger partial charge in [0.2, 0.25) is 11.3 Å². The second-order valence-corrected chi connectivity index (χ2v) is 6.86. The summed E-state index contributed by atoms with van der Waals surface area (Å²) in [5.41, 5.74) is 0.590. The summed E-state index contributed by atoms with van der Waals surface area (Å²) in [5, 5.41) is 8.04. The highest BCUT2D eigenvalue weighted by atomic mass is 79.9. The lowest BCUT2D eigenvalue weighted by atomic mass is 10.2. The number of rotatable bonds is 4. The van der Waals surface area contributed by atoms with Gasteiger partial charge in [-0.15, -0.1) is 13.2 Å². The highest BCUT2D eigenvalue weighted by Crippen LogP contribution is 2.26. The first-order valence-corrected chi connectivity index (χ1v) is 9.14. The summed E-state index contributed by atoms with van der Waals surface area (Å²) in [6, 6.07) is 13.5. The van der Waals surface area contributed by atoms with Crippen molar-refractivity contribution in [2.75, 3.05) is 0 Å². The van der Waals surface area contributed by atoms with Gasteiger partial charge in [0.15, 0.2) is 5.69 Å². The van der Waals surface area contributed by atoms with Crippen molar-refractivity contribution in [2.45, 2.75) is 6.36 Å². The summed E-state index contributed by atoms with van der Waals surface area (Å²) < 4.78 is 48.1. The number of nitrogens with zero attached hydrogens (tertiary/aromatic N) is 4. The van der Waals surface area contributed by atoms with Crippen molar-refractivity contribution in [3.05, 3.63) is 75.5 Å². The van der Waals surface area contributed by atoms with E-state index in [9.17, 15) is 18.0 Å². The highest BCUT2D eigenvalue weighted by molar-refractivity contribution is 9.10. The molecule has 0 aliphatic rings. The Bertz CT molecular complexity index is 1250. The molecule has 4 rings (SSSR count). The van der Waals surface area contributed by atoms with E-state index in [1.807, 2.05) is 18.2 Å². The third kappa shape index (κ3) is 4.40. The number of ether oxygens (including phenoxy) is 1. The number of benzene rings is 2. The Morgan fingerprint density at radius 1 is 1.07 bits per heavy atom. The van der Waals surface area contributed by atoms with E-state index in [1.54, 1.807) is 6.07 Å². The fourth-order valence-electron chi connectivity index (χ4n) is 2.56. The smallest absolute Gasteiger partial charge is 0.406 e. The molecule has 0 N–H and O–H groups in total. The lowest BCUT2D eigenvalue weighted by Gasteiger charge is -2.08. The van der Waals surface area contributed by atoms with Crippen molar-refractivity contribution in [1.29, 1.82) is 0 Å². The van der Waals surface area contributed by atoms with Crippen molar-refractivity contribution in [3.63, 3.8) is 0 Å². The van der Waals surface area contributed by atoms with E-state index in [-0.39, 0.29) is 23.2 Å². The zero-order valence-corrected chi connectivity index (χ0v) is 16.4. The predicted molar refractivity (Wildman–Crippen MR) is 103 cm³/mol. The summed E-state index contributed by atoms with van der Waals surface area (Å²) in [5.74, 6) is -0.408. The maximum Gasteiger partial charge on any atom is 0.573 e. The van der Waals surface area contributed by atoms with Crippen molar-refractivity contribution in [3.8, 4) is 34.4 Å². The highest BCUT2D eigenvalue weighted by Gasteiger charge is 2.31. The fraction of sp³-hybridized carbons (Fsp3) is 0.0526. The molecule has 0 amide bonds. The van der Waals surface area contributed by atoms with Gasteiger partial charge in [0.05, 0.1) is 5.69 Å². The SMILES string of the molecule is O=c1ccn(-c2cccc(Br)c2)nc1-c1nc(-c2ccc(OC(F)(F)F)cc2)no1. The van der Waals surface area contributed by atoms with Gasteiger partial charge in [0.1, 0.15) is 5.75 Å². The van der Waals surface area contributed by atoms with E-state index >= 15 is 0 Å². The van der Waals surface area contributed by atoms with Crippen LogP contribution in [0.25, 0.3) is 28.7 Å². The average molecular weight is 479 g/mol. The Hall–Kier alpha value is -3.47. The summed E-state index contributed by atoms with van der Waals surface area (Å²) in [4.78, 5) is 16.4. The molecule has 2 aromatic heterocycles. The van der Waals surface area contributed by atoms with Crippen LogP contribution >= 0.6 is 15.9 Å². The molecule has 0 aliphatic carbocycles. The van der Waals surface area contributed by atoms with Gasteiger partial charge in [-0.05, 0) is 42.5 Å². The van der Waals surface area contributed by atoms with Crippen molar-refractivity contribution >= 4 is 15.9 Å². The second kappa shape index (κ2) is 7.75. The van der Waals surface area contributed by atoms with Crippen LogP contribution in [0.1, 0.15) is 0 Å². The monoisotopic (exact) mass is 478 g/mol.